The maximum Gasteiger partial charge on any atom is 0.244 e. The summed E-state index contributed by atoms with van der Waals surface area (Å²) in [4.78, 5) is 28.0. The van der Waals surface area contributed by atoms with Gasteiger partial charge in [0.15, 0.2) is 0 Å². The minimum Gasteiger partial charge on any atom is -0.489 e. The Morgan fingerprint density at radius 2 is 1.65 bits per heavy atom. The smallest absolute Gasteiger partial charge is 0.244 e. The van der Waals surface area contributed by atoms with Crippen LogP contribution in [0.3, 0.4) is 0 Å². The monoisotopic (exact) mass is 629 g/mol. The van der Waals surface area contributed by atoms with E-state index in [9.17, 15) is 18.0 Å². The predicted octanol–water partition coefficient (Wildman–Crippen LogP) is 5.13. The second-order valence-electron chi connectivity index (χ2n) is 9.51. The molecule has 1 atom stereocenters. The molecule has 0 saturated carbocycles. The Morgan fingerprint density at radius 1 is 0.975 bits per heavy atom. The summed E-state index contributed by atoms with van der Waals surface area (Å²) < 4.78 is 33.3. The molecule has 40 heavy (non-hydrogen) atoms. The summed E-state index contributed by atoms with van der Waals surface area (Å²) in [5, 5.41) is 2.87. The Bertz CT molecular complexity index is 1370. The van der Waals surface area contributed by atoms with Gasteiger partial charge >= 0.3 is 0 Å². The number of amides is 2. The molecule has 0 bridgehead atoms. The average molecular weight is 631 g/mol. The molecule has 0 fully saturated rings. The molecule has 0 unspecified atom stereocenters. The first-order valence-electron chi connectivity index (χ1n) is 13.1. The van der Waals surface area contributed by atoms with Crippen LogP contribution in [0.5, 0.6) is 5.75 Å². The van der Waals surface area contributed by atoms with Gasteiger partial charge in [-0.15, -0.1) is 0 Å². The molecule has 214 valence electrons. The number of rotatable bonds is 14. The highest BCUT2D eigenvalue weighted by atomic mass is 79.9. The minimum atomic E-state index is -3.82. The highest BCUT2D eigenvalue weighted by Crippen LogP contribution is 2.23. The molecular formula is C30H36BrN3O5S. The lowest BCUT2D eigenvalue weighted by atomic mass is 10.1. The van der Waals surface area contributed by atoms with E-state index in [-0.39, 0.29) is 12.5 Å². The molecule has 0 spiro atoms. The van der Waals surface area contributed by atoms with Crippen molar-refractivity contribution < 1.29 is 22.7 Å². The Hall–Kier alpha value is -3.37. The van der Waals surface area contributed by atoms with E-state index in [1.165, 1.54) is 4.90 Å². The van der Waals surface area contributed by atoms with Crippen molar-refractivity contribution >= 4 is 43.5 Å². The van der Waals surface area contributed by atoms with E-state index in [4.69, 9.17) is 4.74 Å². The van der Waals surface area contributed by atoms with E-state index in [2.05, 4.69) is 21.2 Å². The van der Waals surface area contributed by atoms with Gasteiger partial charge in [-0.1, -0.05) is 71.7 Å². The molecular weight excluding hydrogens is 594 g/mol. The lowest BCUT2D eigenvalue weighted by Crippen LogP contribution is -2.51. The van der Waals surface area contributed by atoms with Crippen molar-refractivity contribution in [3.63, 3.8) is 0 Å². The van der Waals surface area contributed by atoms with Crippen LogP contribution in [-0.2, 0) is 32.8 Å². The number of benzene rings is 3. The van der Waals surface area contributed by atoms with Crippen LogP contribution in [-0.4, -0.2) is 50.5 Å². The molecule has 0 aromatic heterocycles. The molecule has 3 rings (SSSR count). The Morgan fingerprint density at radius 3 is 2.27 bits per heavy atom. The van der Waals surface area contributed by atoms with E-state index < -0.39 is 28.5 Å². The number of carbonyl (C=O) groups excluding carboxylic acids is 2. The summed E-state index contributed by atoms with van der Waals surface area (Å²) >= 11 is 3.44. The number of halogens is 1. The van der Waals surface area contributed by atoms with Crippen LogP contribution in [0.2, 0.25) is 0 Å². The van der Waals surface area contributed by atoms with E-state index >= 15 is 0 Å². The van der Waals surface area contributed by atoms with Crippen molar-refractivity contribution in [1.82, 2.24) is 10.2 Å². The van der Waals surface area contributed by atoms with Crippen molar-refractivity contribution in [1.29, 1.82) is 0 Å². The third-order valence-electron chi connectivity index (χ3n) is 6.29. The standard InChI is InChI=1S/C30H36BrN3O5S/c1-4-5-18-32-30(36)23(2)33(20-25-12-9-13-26(31)19-25)29(35)21-34(40(3,37)38)27-14-16-28(17-15-27)39-22-24-10-7-6-8-11-24/h6-17,19,23H,4-5,18,20-22H2,1-3H3,(H,32,36)/t23-/m1/s1. The fourth-order valence-electron chi connectivity index (χ4n) is 4.01. The van der Waals surface area contributed by atoms with E-state index in [1.807, 2.05) is 61.5 Å². The first-order chi connectivity index (χ1) is 19.1. The lowest BCUT2D eigenvalue weighted by molar-refractivity contribution is -0.139. The van der Waals surface area contributed by atoms with Crippen molar-refractivity contribution in [2.45, 2.75) is 45.9 Å². The third kappa shape index (κ3) is 9.38. The molecule has 3 aromatic carbocycles. The van der Waals surface area contributed by atoms with E-state index in [1.54, 1.807) is 31.2 Å². The van der Waals surface area contributed by atoms with Crippen molar-refractivity contribution in [3.8, 4) is 5.75 Å². The molecule has 2 amide bonds. The van der Waals surface area contributed by atoms with Gasteiger partial charge in [-0.25, -0.2) is 8.42 Å². The number of ether oxygens (including phenoxy) is 1. The van der Waals surface area contributed by atoms with Crippen LogP contribution in [0.15, 0.2) is 83.3 Å². The number of carbonyl (C=O) groups is 2. The number of sulfonamides is 1. The molecule has 1 N–H and O–H groups in total. The third-order valence-corrected chi connectivity index (χ3v) is 7.92. The maximum absolute atomic E-state index is 13.7. The zero-order valence-corrected chi connectivity index (χ0v) is 25.4. The number of anilines is 1. The summed E-state index contributed by atoms with van der Waals surface area (Å²) in [5.41, 5.74) is 2.14. The summed E-state index contributed by atoms with van der Waals surface area (Å²) in [6, 6.07) is 22.9. The van der Waals surface area contributed by atoms with Crippen LogP contribution >= 0.6 is 15.9 Å². The van der Waals surface area contributed by atoms with Gasteiger partial charge in [-0.3, -0.25) is 13.9 Å². The lowest BCUT2D eigenvalue weighted by Gasteiger charge is -2.31. The maximum atomic E-state index is 13.7. The Kier molecular flexibility index (Phi) is 11.6. The second-order valence-corrected chi connectivity index (χ2v) is 12.3. The highest BCUT2D eigenvalue weighted by Gasteiger charge is 2.30. The summed E-state index contributed by atoms with van der Waals surface area (Å²) in [5.74, 6) is -0.211. The number of hydrogen-bond donors (Lipinski definition) is 1. The molecule has 0 saturated heterocycles. The summed E-state index contributed by atoms with van der Waals surface area (Å²) in [6.07, 6.45) is 2.80. The van der Waals surface area contributed by atoms with Crippen LogP contribution < -0.4 is 14.4 Å². The minimum absolute atomic E-state index is 0.143. The van der Waals surface area contributed by atoms with Gasteiger partial charge in [0.2, 0.25) is 21.8 Å². The molecule has 0 aliphatic rings. The van der Waals surface area contributed by atoms with E-state index in [0.717, 1.165) is 39.0 Å². The number of nitrogens with zero attached hydrogens (tertiary/aromatic N) is 2. The van der Waals surface area contributed by atoms with Gasteiger partial charge in [0.25, 0.3) is 0 Å². The Balaban J connectivity index is 1.80. The molecule has 3 aromatic rings. The molecule has 8 nitrogen and oxygen atoms in total. The van der Waals surface area contributed by atoms with Crippen LogP contribution in [0, 0.1) is 0 Å². The van der Waals surface area contributed by atoms with Crippen LogP contribution in [0.1, 0.15) is 37.8 Å². The summed E-state index contributed by atoms with van der Waals surface area (Å²) in [6.45, 7) is 4.25. The van der Waals surface area contributed by atoms with Crippen LogP contribution in [0.4, 0.5) is 5.69 Å². The van der Waals surface area contributed by atoms with Gasteiger partial charge in [-0.05, 0) is 60.9 Å². The van der Waals surface area contributed by atoms with Gasteiger partial charge in [-0.2, -0.15) is 0 Å². The number of hydrogen-bond acceptors (Lipinski definition) is 5. The highest BCUT2D eigenvalue weighted by molar-refractivity contribution is 9.10. The molecule has 0 heterocycles. The fourth-order valence-corrected chi connectivity index (χ4v) is 5.31. The van der Waals surface area contributed by atoms with Crippen molar-refractivity contribution in [3.05, 3.63) is 94.5 Å². The molecule has 0 aliphatic heterocycles. The second kappa shape index (κ2) is 14.9. The topological polar surface area (TPSA) is 96.0 Å². The number of nitrogens with one attached hydrogen (secondary N) is 1. The fraction of sp³-hybridized carbons (Fsp3) is 0.333. The van der Waals surface area contributed by atoms with Gasteiger partial charge in [0.1, 0.15) is 24.9 Å². The SMILES string of the molecule is CCCCNC(=O)[C@@H](C)N(Cc1cccc(Br)c1)C(=O)CN(c1ccc(OCc2ccccc2)cc1)S(C)(=O)=O. The van der Waals surface area contributed by atoms with Crippen molar-refractivity contribution in [2.75, 3.05) is 23.7 Å². The Labute approximate surface area is 245 Å². The molecule has 0 radical (unpaired) electrons. The first-order valence-corrected chi connectivity index (χ1v) is 15.8. The van der Waals surface area contributed by atoms with Gasteiger partial charge in [0.05, 0.1) is 11.9 Å². The van der Waals surface area contributed by atoms with Gasteiger partial charge in [0, 0.05) is 17.6 Å². The van der Waals surface area contributed by atoms with E-state index in [0.29, 0.717) is 24.6 Å². The average Bonchev–Trinajstić information content (AvgIpc) is 2.93. The zero-order valence-electron chi connectivity index (χ0n) is 23.0. The molecule has 0 aliphatic carbocycles. The predicted molar refractivity (Wildman–Crippen MR) is 161 cm³/mol. The van der Waals surface area contributed by atoms with Crippen molar-refractivity contribution in [2.24, 2.45) is 0 Å². The quantitative estimate of drug-likeness (QED) is 0.250. The normalized spacial score (nSPS) is 11.9. The van der Waals surface area contributed by atoms with Gasteiger partial charge < -0.3 is 15.0 Å². The largest absolute Gasteiger partial charge is 0.489 e. The molecule has 10 heteroatoms. The first kappa shape index (κ1) is 31.2. The number of unbranched alkanes of at least 4 members (excludes halogenated alkanes) is 1. The van der Waals surface area contributed by atoms with Crippen LogP contribution in [0.25, 0.3) is 0 Å². The summed E-state index contributed by atoms with van der Waals surface area (Å²) in [7, 11) is -3.82. The zero-order chi connectivity index (χ0) is 29.1.